The number of nitrogens with two attached hydrogens (primary N) is 1. The fourth-order valence-electron chi connectivity index (χ4n) is 1.56. The molecule has 2 N–H and O–H groups in total. The summed E-state index contributed by atoms with van der Waals surface area (Å²) in [7, 11) is 0. The van der Waals surface area contributed by atoms with Gasteiger partial charge in [-0.15, -0.1) is 0 Å². The molecule has 1 atom stereocenters. The number of carbonyl (C=O) groups excluding carboxylic acids is 1. The molecule has 78 valence electrons. The van der Waals surface area contributed by atoms with Gasteiger partial charge in [0.15, 0.2) is 0 Å². The van der Waals surface area contributed by atoms with Gasteiger partial charge in [0.25, 0.3) is 5.70 Å². The topological polar surface area (TPSA) is 98.6 Å². The van der Waals surface area contributed by atoms with Gasteiger partial charge < -0.3 is 5.73 Å². The highest BCUT2D eigenvalue weighted by atomic mass is 16.6. The lowest BCUT2D eigenvalue weighted by atomic mass is 10.0. The van der Waals surface area contributed by atoms with Gasteiger partial charge in [-0.05, 0) is 12.8 Å². The second-order valence-electron chi connectivity index (χ2n) is 3.60. The van der Waals surface area contributed by atoms with E-state index in [2.05, 4.69) is 4.99 Å². The monoisotopic (exact) mass is 207 g/mol. The number of nitrogens with zero attached hydrogens (tertiary/aromatic N) is 2. The molecule has 15 heavy (non-hydrogen) atoms. The zero-order valence-electron chi connectivity index (χ0n) is 7.84. The molecule has 0 spiro atoms. The second kappa shape index (κ2) is 3.42. The van der Waals surface area contributed by atoms with Crippen LogP contribution in [0.3, 0.4) is 0 Å². The van der Waals surface area contributed by atoms with E-state index in [-0.39, 0.29) is 17.2 Å². The number of allylic oxidation sites excluding steroid dienone is 1. The third kappa shape index (κ3) is 1.60. The summed E-state index contributed by atoms with van der Waals surface area (Å²) in [5.41, 5.74) is 5.90. The predicted octanol–water partition coefficient (Wildman–Crippen LogP) is 0.0544. The molecule has 1 saturated carbocycles. The van der Waals surface area contributed by atoms with Crippen molar-refractivity contribution in [2.24, 2.45) is 16.6 Å². The molecule has 6 nitrogen and oxygen atoms in total. The van der Waals surface area contributed by atoms with Gasteiger partial charge in [-0.1, -0.05) is 0 Å². The zero-order valence-corrected chi connectivity index (χ0v) is 7.84. The summed E-state index contributed by atoms with van der Waals surface area (Å²) in [5.74, 6) is 1.71. The average Bonchev–Trinajstić information content (AvgIpc) is 2.99. The highest BCUT2D eigenvalue weighted by Gasteiger charge is 2.39. The number of hydrogen-bond acceptors (Lipinski definition) is 5. The van der Waals surface area contributed by atoms with E-state index in [9.17, 15) is 14.9 Å². The summed E-state index contributed by atoms with van der Waals surface area (Å²) < 4.78 is 0. The van der Waals surface area contributed by atoms with E-state index in [0.29, 0.717) is 5.70 Å². The molecule has 0 aromatic rings. The summed E-state index contributed by atoms with van der Waals surface area (Å²) in [6.07, 6.45) is 3.08. The summed E-state index contributed by atoms with van der Waals surface area (Å²) in [6.45, 7) is 0. The van der Waals surface area contributed by atoms with Crippen LogP contribution in [-0.4, -0.2) is 23.1 Å². The average molecular weight is 207 g/mol. The molecule has 1 unspecified atom stereocenters. The number of aliphatic imine (C=N–C) groups is 1. The van der Waals surface area contributed by atoms with Crippen molar-refractivity contribution in [1.29, 1.82) is 0 Å². The first-order valence-electron chi connectivity index (χ1n) is 4.58. The van der Waals surface area contributed by atoms with Gasteiger partial charge in [0.2, 0.25) is 0 Å². The minimum atomic E-state index is -0.995. The molecule has 1 aliphatic heterocycles. The van der Waals surface area contributed by atoms with Crippen molar-refractivity contribution in [2.75, 3.05) is 0 Å². The number of nitro groups is 1. The largest absolute Gasteiger partial charge is 0.314 e. The maximum atomic E-state index is 10.8. The lowest BCUT2D eigenvalue weighted by Crippen LogP contribution is -2.33. The Kier molecular flexibility index (Phi) is 2.22. The van der Waals surface area contributed by atoms with Gasteiger partial charge in [0, 0.05) is 12.1 Å². The van der Waals surface area contributed by atoms with Crippen LogP contribution in [0.1, 0.15) is 12.8 Å². The Morgan fingerprint density at radius 3 is 2.73 bits per heavy atom. The highest BCUT2D eigenvalue weighted by Crippen LogP contribution is 2.40. The fraction of sp³-hybridized carbons (Fsp3) is 0.444. The van der Waals surface area contributed by atoms with Crippen molar-refractivity contribution < 1.29 is 9.72 Å². The first kappa shape index (κ1) is 9.76. The Bertz CT molecular complexity index is 428. The normalized spacial score (nSPS) is 25.4. The van der Waals surface area contributed by atoms with Crippen LogP contribution < -0.4 is 5.73 Å². The Morgan fingerprint density at radius 2 is 2.27 bits per heavy atom. The summed E-state index contributed by atoms with van der Waals surface area (Å²) >= 11 is 0. The fourth-order valence-corrected chi connectivity index (χ4v) is 1.56. The zero-order chi connectivity index (χ0) is 11.0. The van der Waals surface area contributed by atoms with Crippen LogP contribution in [0.5, 0.6) is 0 Å². The van der Waals surface area contributed by atoms with E-state index in [1.165, 1.54) is 6.21 Å². The van der Waals surface area contributed by atoms with Crippen molar-refractivity contribution in [3.63, 3.8) is 0 Å². The molecule has 0 bridgehead atoms. The quantitative estimate of drug-likeness (QED) is 0.393. The van der Waals surface area contributed by atoms with Crippen molar-refractivity contribution in [1.82, 2.24) is 0 Å². The van der Waals surface area contributed by atoms with Gasteiger partial charge in [-0.25, -0.2) is 4.79 Å². The maximum absolute atomic E-state index is 10.8. The summed E-state index contributed by atoms with van der Waals surface area (Å²) in [5, 5.41) is 10.8. The molecular formula is C9H9N3O3. The van der Waals surface area contributed by atoms with E-state index in [1.54, 1.807) is 5.94 Å². The molecule has 0 aromatic heterocycles. The van der Waals surface area contributed by atoms with Gasteiger partial charge in [-0.2, -0.15) is 0 Å². The molecule has 6 heteroatoms. The van der Waals surface area contributed by atoms with Gasteiger partial charge >= 0.3 is 0 Å². The Morgan fingerprint density at radius 1 is 1.60 bits per heavy atom. The van der Waals surface area contributed by atoms with Crippen LogP contribution >= 0.6 is 0 Å². The SMILES string of the molecule is NC1C(=C=O)C=NC(C2CC2)=C1[N+](=O)[O-]. The molecule has 1 fully saturated rings. The highest BCUT2D eigenvalue weighted by molar-refractivity contribution is 5.93. The van der Waals surface area contributed by atoms with Crippen LogP contribution in [0.15, 0.2) is 22.0 Å². The third-order valence-electron chi connectivity index (χ3n) is 2.51. The van der Waals surface area contributed by atoms with Crippen LogP contribution in [0.25, 0.3) is 0 Å². The molecule has 0 aromatic carbocycles. The molecule has 0 radical (unpaired) electrons. The predicted molar refractivity (Wildman–Crippen MR) is 52.4 cm³/mol. The first-order valence-corrected chi connectivity index (χ1v) is 4.58. The van der Waals surface area contributed by atoms with Crippen LogP contribution in [0.2, 0.25) is 0 Å². The molecule has 2 rings (SSSR count). The van der Waals surface area contributed by atoms with Crippen molar-refractivity contribution >= 4 is 12.2 Å². The van der Waals surface area contributed by atoms with E-state index in [4.69, 9.17) is 5.73 Å². The van der Waals surface area contributed by atoms with Gasteiger partial charge in [0.1, 0.15) is 17.7 Å². The minimum absolute atomic E-state index is 0.0334. The standard InChI is InChI=1S/C9H9N3O3/c10-7-6(4-13)3-11-8(5-1-2-5)9(7)12(14)15/h3,5,7H,1-2,10H2. The summed E-state index contributed by atoms with van der Waals surface area (Å²) in [6, 6.07) is -0.995. The molecule has 1 heterocycles. The molecule has 1 aliphatic carbocycles. The van der Waals surface area contributed by atoms with Gasteiger partial charge in [-0.3, -0.25) is 15.1 Å². The second-order valence-corrected chi connectivity index (χ2v) is 3.60. The molecule has 0 saturated heterocycles. The van der Waals surface area contributed by atoms with Crippen molar-refractivity contribution in [2.45, 2.75) is 18.9 Å². The smallest absolute Gasteiger partial charge is 0.289 e. The van der Waals surface area contributed by atoms with Crippen LogP contribution in [0.4, 0.5) is 0 Å². The van der Waals surface area contributed by atoms with E-state index in [1.807, 2.05) is 0 Å². The summed E-state index contributed by atoms with van der Waals surface area (Å²) in [4.78, 5) is 24.7. The third-order valence-corrected chi connectivity index (χ3v) is 2.51. The minimum Gasteiger partial charge on any atom is -0.314 e. The van der Waals surface area contributed by atoms with Crippen LogP contribution in [0, 0.1) is 16.0 Å². The lowest BCUT2D eigenvalue weighted by Gasteiger charge is -2.14. The Balaban J connectivity index is 2.48. The first-order chi connectivity index (χ1) is 7.15. The van der Waals surface area contributed by atoms with Crippen LogP contribution in [-0.2, 0) is 4.79 Å². The van der Waals surface area contributed by atoms with E-state index in [0.717, 1.165) is 12.8 Å². The molecule has 0 amide bonds. The van der Waals surface area contributed by atoms with Crippen molar-refractivity contribution in [3.05, 3.63) is 27.1 Å². The van der Waals surface area contributed by atoms with E-state index < -0.39 is 11.0 Å². The van der Waals surface area contributed by atoms with Gasteiger partial charge in [0.05, 0.1) is 10.5 Å². The lowest BCUT2D eigenvalue weighted by molar-refractivity contribution is -0.430. The number of rotatable bonds is 2. The molecular weight excluding hydrogens is 198 g/mol. The Labute approximate surface area is 85.3 Å². The Hall–Kier alpha value is -1.78. The van der Waals surface area contributed by atoms with Crippen molar-refractivity contribution in [3.8, 4) is 0 Å². The molecule has 2 aliphatic rings. The maximum Gasteiger partial charge on any atom is 0.289 e. The van der Waals surface area contributed by atoms with E-state index >= 15 is 0 Å². The number of hydrogen-bond donors (Lipinski definition) is 1.